The van der Waals surface area contributed by atoms with Crippen molar-refractivity contribution in [3.8, 4) is 5.75 Å². The van der Waals surface area contributed by atoms with Gasteiger partial charge in [0.15, 0.2) is 0 Å². The van der Waals surface area contributed by atoms with Gasteiger partial charge in [-0.15, -0.1) is 0 Å². The first kappa shape index (κ1) is 21.1. The molecule has 3 N–H and O–H groups in total. The lowest BCUT2D eigenvalue weighted by atomic mass is 10.1. The van der Waals surface area contributed by atoms with Crippen molar-refractivity contribution in [3.05, 3.63) is 90.0 Å². The summed E-state index contributed by atoms with van der Waals surface area (Å²) in [6.45, 7) is 1.95. The molecule has 0 bridgehead atoms. The Morgan fingerprint density at radius 2 is 2.00 bits per heavy atom. The average Bonchev–Trinajstić information content (AvgIpc) is 3.28. The molecule has 8 heteroatoms. The van der Waals surface area contributed by atoms with E-state index in [1.165, 1.54) is 6.21 Å². The van der Waals surface area contributed by atoms with E-state index in [9.17, 15) is 4.79 Å². The predicted molar refractivity (Wildman–Crippen MR) is 134 cm³/mol. The molecule has 0 unspecified atom stereocenters. The molecule has 0 atom stereocenters. The van der Waals surface area contributed by atoms with Gasteiger partial charge >= 0.3 is 0 Å². The molecule has 3 aromatic heterocycles. The monoisotopic (exact) mass is 450 g/mol. The number of aromatic nitrogens is 3. The fraction of sp³-hybridized carbons (Fsp3) is 0.0769. The van der Waals surface area contributed by atoms with E-state index in [0.717, 1.165) is 44.6 Å². The molecule has 5 aromatic rings. The standard InChI is InChI=1S/C26H22N6O2/c1-16-12-22(20-7-5-8-24(34-2)25(20)29-16)30-18-9-10-21-17(13-18)14-23(31-21)26(33)32-28-15-19-6-3-4-11-27-19/h3-15,31H,1-2H3,(H,29,30)(H,32,33)/b28-15+. The van der Waals surface area contributed by atoms with Gasteiger partial charge in [0.2, 0.25) is 0 Å². The molecule has 0 aliphatic carbocycles. The Hall–Kier alpha value is -4.72. The molecule has 34 heavy (non-hydrogen) atoms. The van der Waals surface area contributed by atoms with Crippen LogP contribution in [0.15, 0.2) is 78.0 Å². The van der Waals surface area contributed by atoms with Crippen molar-refractivity contribution in [2.24, 2.45) is 5.10 Å². The lowest BCUT2D eigenvalue weighted by molar-refractivity contribution is 0.0951. The number of rotatable bonds is 6. The number of H-pyrrole nitrogens is 1. The predicted octanol–water partition coefficient (Wildman–Crippen LogP) is 4.94. The lowest BCUT2D eigenvalue weighted by Gasteiger charge is -2.13. The minimum Gasteiger partial charge on any atom is -0.494 e. The summed E-state index contributed by atoms with van der Waals surface area (Å²) in [5, 5.41) is 9.32. The van der Waals surface area contributed by atoms with Gasteiger partial charge in [-0.2, -0.15) is 5.10 Å². The van der Waals surface area contributed by atoms with E-state index in [2.05, 4.69) is 30.8 Å². The normalized spacial score (nSPS) is 11.2. The summed E-state index contributed by atoms with van der Waals surface area (Å²) in [6.07, 6.45) is 3.16. The Morgan fingerprint density at radius 1 is 1.09 bits per heavy atom. The molecular weight excluding hydrogens is 428 g/mol. The van der Waals surface area contributed by atoms with Crippen molar-refractivity contribution in [1.82, 2.24) is 20.4 Å². The maximum Gasteiger partial charge on any atom is 0.287 e. The number of carbonyl (C=O) groups is 1. The van der Waals surface area contributed by atoms with Gasteiger partial charge in [0.25, 0.3) is 5.91 Å². The number of nitrogens with one attached hydrogen (secondary N) is 3. The Balaban J connectivity index is 1.38. The number of aromatic amines is 1. The van der Waals surface area contributed by atoms with Gasteiger partial charge < -0.3 is 15.0 Å². The molecule has 0 fully saturated rings. The molecule has 0 radical (unpaired) electrons. The third kappa shape index (κ3) is 4.29. The quantitative estimate of drug-likeness (QED) is 0.251. The number of hydrazone groups is 1. The van der Waals surface area contributed by atoms with Crippen LogP contribution in [0.5, 0.6) is 5.75 Å². The van der Waals surface area contributed by atoms with Crippen LogP contribution in [0.2, 0.25) is 0 Å². The number of para-hydroxylation sites is 1. The van der Waals surface area contributed by atoms with Crippen molar-refractivity contribution < 1.29 is 9.53 Å². The number of hydrogen-bond donors (Lipinski definition) is 3. The van der Waals surface area contributed by atoms with Gasteiger partial charge in [0.05, 0.1) is 19.0 Å². The molecule has 0 aliphatic heterocycles. The first-order valence-corrected chi connectivity index (χ1v) is 10.7. The van der Waals surface area contributed by atoms with Gasteiger partial charge in [0.1, 0.15) is 17.0 Å². The van der Waals surface area contributed by atoms with Gasteiger partial charge in [-0.3, -0.25) is 9.78 Å². The Labute approximate surface area is 195 Å². The molecular formula is C26H22N6O2. The molecule has 168 valence electrons. The van der Waals surface area contributed by atoms with Crippen LogP contribution >= 0.6 is 0 Å². The number of hydrogen-bond acceptors (Lipinski definition) is 6. The third-order valence-electron chi connectivity index (χ3n) is 5.35. The van der Waals surface area contributed by atoms with E-state index in [1.54, 1.807) is 25.4 Å². The number of pyridine rings is 2. The topological polar surface area (TPSA) is 104 Å². The van der Waals surface area contributed by atoms with Crippen LogP contribution < -0.4 is 15.5 Å². The van der Waals surface area contributed by atoms with E-state index in [0.29, 0.717) is 11.4 Å². The van der Waals surface area contributed by atoms with Crippen LogP contribution in [0, 0.1) is 6.92 Å². The number of methoxy groups -OCH3 is 1. The molecule has 2 aromatic carbocycles. The zero-order valence-electron chi connectivity index (χ0n) is 18.7. The van der Waals surface area contributed by atoms with E-state index in [-0.39, 0.29) is 5.91 Å². The SMILES string of the molecule is COc1cccc2c(Nc3ccc4[nH]c(C(=O)N/N=C/c5ccccn5)cc4c3)cc(C)nc12. The highest BCUT2D eigenvalue weighted by Crippen LogP contribution is 2.32. The first-order valence-electron chi connectivity index (χ1n) is 10.7. The van der Waals surface area contributed by atoms with Crippen LogP contribution in [0.1, 0.15) is 21.9 Å². The summed E-state index contributed by atoms with van der Waals surface area (Å²) in [7, 11) is 1.64. The molecule has 0 saturated carbocycles. The highest BCUT2D eigenvalue weighted by molar-refractivity contribution is 6.00. The van der Waals surface area contributed by atoms with E-state index >= 15 is 0 Å². The zero-order chi connectivity index (χ0) is 23.5. The molecule has 0 saturated heterocycles. The van der Waals surface area contributed by atoms with Crippen molar-refractivity contribution in [2.75, 3.05) is 12.4 Å². The van der Waals surface area contributed by atoms with Gasteiger partial charge in [0, 0.05) is 39.6 Å². The second-order valence-electron chi connectivity index (χ2n) is 7.73. The zero-order valence-corrected chi connectivity index (χ0v) is 18.7. The fourth-order valence-electron chi connectivity index (χ4n) is 3.78. The maximum atomic E-state index is 12.5. The van der Waals surface area contributed by atoms with Crippen LogP contribution in [0.4, 0.5) is 11.4 Å². The van der Waals surface area contributed by atoms with Crippen molar-refractivity contribution >= 4 is 45.3 Å². The summed E-state index contributed by atoms with van der Waals surface area (Å²) in [5.74, 6) is 0.396. The number of anilines is 2. The van der Waals surface area contributed by atoms with Crippen LogP contribution in [-0.2, 0) is 0 Å². The number of nitrogens with zero attached hydrogens (tertiary/aromatic N) is 3. The third-order valence-corrected chi connectivity index (χ3v) is 5.35. The largest absolute Gasteiger partial charge is 0.494 e. The Kier molecular flexibility index (Phi) is 5.61. The van der Waals surface area contributed by atoms with Crippen LogP contribution in [0.25, 0.3) is 21.8 Å². The summed E-state index contributed by atoms with van der Waals surface area (Å²) in [5.41, 5.74) is 7.96. The van der Waals surface area contributed by atoms with Crippen molar-refractivity contribution in [3.63, 3.8) is 0 Å². The number of ether oxygens (including phenoxy) is 1. The van der Waals surface area contributed by atoms with Gasteiger partial charge in [-0.1, -0.05) is 18.2 Å². The number of fused-ring (bicyclic) bond motifs is 2. The highest BCUT2D eigenvalue weighted by atomic mass is 16.5. The minimum absolute atomic E-state index is 0.333. The smallest absolute Gasteiger partial charge is 0.287 e. The molecule has 3 heterocycles. The molecule has 5 rings (SSSR count). The fourth-order valence-corrected chi connectivity index (χ4v) is 3.78. The number of aryl methyl sites for hydroxylation is 1. The molecule has 8 nitrogen and oxygen atoms in total. The first-order chi connectivity index (χ1) is 16.6. The summed E-state index contributed by atoms with van der Waals surface area (Å²) < 4.78 is 5.48. The van der Waals surface area contributed by atoms with Crippen LogP contribution in [-0.4, -0.2) is 34.2 Å². The Bertz CT molecular complexity index is 1530. The Morgan fingerprint density at radius 3 is 2.82 bits per heavy atom. The van der Waals surface area contributed by atoms with Crippen molar-refractivity contribution in [2.45, 2.75) is 6.92 Å². The summed E-state index contributed by atoms with van der Waals surface area (Å²) in [4.78, 5) is 24.4. The van der Waals surface area contributed by atoms with Crippen LogP contribution in [0.3, 0.4) is 0 Å². The second kappa shape index (κ2) is 9.03. The lowest BCUT2D eigenvalue weighted by Crippen LogP contribution is -2.17. The molecule has 0 aliphatic rings. The van der Waals surface area contributed by atoms with Crippen molar-refractivity contribution in [1.29, 1.82) is 0 Å². The minimum atomic E-state index is -0.333. The summed E-state index contributed by atoms with van der Waals surface area (Å²) in [6, 6.07) is 21.0. The van der Waals surface area contributed by atoms with Gasteiger partial charge in [-0.05, 0) is 55.5 Å². The molecule has 1 amide bonds. The maximum absolute atomic E-state index is 12.5. The highest BCUT2D eigenvalue weighted by Gasteiger charge is 2.11. The molecule has 0 spiro atoms. The number of carbonyl (C=O) groups excluding carboxylic acids is 1. The number of amides is 1. The van der Waals surface area contributed by atoms with E-state index in [1.807, 2.05) is 61.5 Å². The summed E-state index contributed by atoms with van der Waals surface area (Å²) >= 11 is 0. The van der Waals surface area contributed by atoms with E-state index in [4.69, 9.17) is 4.74 Å². The van der Waals surface area contributed by atoms with Gasteiger partial charge in [-0.25, -0.2) is 10.4 Å². The number of benzene rings is 2. The van der Waals surface area contributed by atoms with E-state index < -0.39 is 0 Å². The average molecular weight is 451 g/mol. The second-order valence-corrected chi connectivity index (χ2v) is 7.73.